The van der Waals surface area contributed by atoms with E-state index in [0.717, 1.165) is 12.1 Å². The molecule has 126 valence electrons. The van der Waals surface area contributed by atoms with Crippen molar-refractivity contribution in [2.45, 2.75) is 25.6 Å². The van der Waals surface area contributed by atoms with Crippen LogP contribution in [-0.4, -0.2) is 22.3 Å². The van der Waals surface area contributed by atoms with Crippen LogP contribution in [0.15, 0.2) is 36.5 Å². The molecule has 1 aliphatic heterocycles. The van der Waals surface area contributed by atoms with Crippen LogP contribution in [0.1, 0.15) is 40.1 Å². The summed E-state index contributed by atoms with van der Waals surface area (Å²) in [4.78, 5) is 18.1. The van der Waals surface area contributed by atoms with E-state index in [4.69, 9.17) is 0 Å². The lowest BCUT2D eigenvalue weighted by atomic mass is 9.98. The summed E-state index contributed by atoms with van der Waals surface area (Å²) in [5, 5.41) is 0. The Morgan fingerprint density at radius 3 is 2.71 bits per heavy atom. The van der Waals surface area contributed by atoms with Crippen molar-refractivity contribution < 1.29 is 22.4 Å². The summed E-state index contributed by atoms with van der Waals surface area (Å²) in [5.41, 5.74) is -0.0266. The van der Waals surface area contributed by atoms with Gasteiger partial charge < -0.3 is 4.90 Å². The number of amides is 1. The summed E-state index contributed by atoms with van der Waals surface area (Å²) in [7, 11) is 0. The first-order chi connectivity index (χ1) is 11.3. The Kier molecular flexibility index (Phi) is 4.03. The second-order valence-electron chi connectivity index (χ2n) is 5.66. The molecule has 0 saturated heterocycles. The molecule has 1 aromatic carbocycles. The number of pyridine rings is 1. The third-order valence-corrected chi connectivity index (χ3v) is 4.21. The third kappa shape index (κ3) is 2.86. The zero-order chi connectivity index (χ0) is 17.5. The van der Waals surface area contributed by atoms with Crippen molar-refractivity contribution in [2.75, 3.05) is 6.54 Å². The summed E-state index contributed by atoms with van der Waals surface area (Å²) in [6, 6.07) is 4.68. The van der Waals surface area contributed by atoms with Crippen molar-refractivity contribution in [2.24, 2.45) is 0 Å². The number of halogens is 4. The van der Waals surface area contributed by atoms with Crippen molar-refractivity contribution in [1.29, 1.82) is 0 Å². The number of hydrogen-bond acceptors (Lipinski definition) is 2. The van der Waals surface area contributed by atoms with Gasteiger partial charge in [0.2, 0.25) is 0 Å². The average Bonchev–Trinajstić information content (AvgIpc) is 2.54. The third-order valence-electron chi connectivity index (χ3n) is 4.21. The summed E-state index contributed by atoms with van der Waals surface area (Å²) >= 11 is 0. The first kappa shape index (κ1) is 16.4. The molecule has 0 fully saturated rings. The molecule has 24 heavy (non-hydrogen) atoms. The predicted octanol–water partition coefficient (Wildman–Crippen LogP) is 4.00. The zero-order valence-corrected chi connectivity index (χ0v) is 12.8. The van der Waals surface area contributed by atoms with E-state index >= 15 is 0 Å². The minimum Gasteiger partial charge on any atom is -0.331 e. The van der Waals surface area contributed by atoms with Gasteiger partial charge >= 0.3 is 6.18 Å². The maximum Gasteiger partial charge on any atom is 0.416 e. The summed E-state index contributed by atoms with van der Waals surface area (Å²) in [6.45, 7) is 1.80. The standard InChI is InChI=1S/C17H14F4N2O/c1-10(13-9-11(17(19,20)21)4-5-14(13)18)23-8-6-15-12(16(23)24)3-2-7-22-15/h2-5,7,9-10H,6,8H2,1H3. The predicted molar refractivity (Wildman–Crippen MR) is 78.8 cm³/mol. The molecule has 3 nitrogen and oxygen atoms in total. The first-order valence-electron chi connectivity index (χ1n) is 7.40. The van der Waals surface area contributed by atoms with E-state index in [9.17, 15) is 22.4 Å². The minimum atomic E-state index is -4.56. The topological polar surface area (TPSA) is 33.2 Å². The van der Waals surface area contributed by atoms with Gasteiger partial charge in [-0.15, -0.1) is 0 Å². The molecule has 2 aromatic rings. The molecule has 2 heterocycles. The largest absolute Gasteiger partial charge is 0.416 e. The number of alkyl halides is 3. The summed E-state index contributed by atoms with van der Waals surface area (Å²) in [5.74, 6) is -1.12. The minimum absolute atomic E-state index is 0.148. The van der Waals surface area contributed by atoms with E-state index < -0.39 is 23.6 Å². The molecular weight excluding hydrogens is 324 g/mol. The summed E-state index contributed by atoms with van der Waals surface area (Å²) in [6.07, 6.45) is -2.50. The highest BCUT2D eigenvalue weighted by Gasteiger charge is 2.34. The molecule has 1 atom stereocenters. The number of nitrogens with zero attached hydrogens (tertiary/aromatic N) is 2. The van der Waals surface area contributed by atoms with Gasteiger partial charge in [0, 0.05) is 24.7 Å². The second-order valence-corrected chi connectivity index (χ2v) is 5.66. The van der Waals surface area contributed by atoms with Gasteiger partial charge in [-0.3, -0.25) is 9.78 Å². The fourth-order valence-electron chi connectivity index (χ4n) is 2.89. The number of hydrogen-bond donors (Lipinski definition) is 0. The molecule has 1 unspecified atom stereocenters. The first-order valence-corrected chi connectivity index (χ1v) is 7.40. The van der Waals surface area contributed by atoms with Gasteiger partial charge in [0.25, 0.3) is 5.91 Å². The van der Waals surface area contributed by atoms with Crippen molar-refractivity contribution in [3.63, 3.8) is 0 Å². The molecule has 0 saturated carbocycles. The number of carbonyl (C=O) groups is 1. The SMILES string of the molecule is CC(c1cc(C(F)(F)F)ccc1F)N1CCc2ncccc2C1=O. The zero-order valence-electron chi connectivity index (χ0n) is 12.8. The van der Waals surface area contributed by atoms with E-state index in [2.05, 4.69) is 4.98 Å². The molecule has 1 aromatic heterocycles. The number of aromatic nitrogens is 1. The van der Waals surface area contributed by atoms with Crippen LogP contribution in [0.3, 0.4) is 0 Å². The highest BCUT2D eigenvalue weighted by Crippen LogP contribution is 2.34. The fraction of sp³-hybridized carbons (Fsp3) is 0.294. The van der Waals surface area contributed by atoms with Crippen molar-refractivity contribution in [1.82, 2.24) is 9.88 Å². The Balaban J connectivity index is 1.96. The van der Waals surface area contributed by atoms with Crippen LogP contribution in [0.4, 0.5) is 17.6 Å². The lowest BCUT2D eigenvalue weighted by Gasteiger charge is -2.33. The van der Waals surface area contributed by atoms with Gasteiger partial charge in [-0.2, -0.15) is 13.2 Å². The van der Waals surface area contributed by atoms with Crippen LogP contribution in [0.2, 0.25) is 0 Å². The van der Waals surface area contributed by atoms with Crippen LogP contribution in [0.25, 0.3) is 0 Å². The van der Waals surface area contributed by atoms with E-state index in [0.29, 0.717) is 23.7 Å². The molecule has 3 rings (SSSR count). The van der Waals surface area contributed by atoms with Gasteiger partial charge in [0.15, 0.2) is 0 Å². The monoisotopic (exact) mass is 338 g/mol. The van der Waals surface area contributed by atoms with Crippen molar-refractivity contribution >= 4 is 5.91 Å². The molecule has 0 N–H and O–H groups in total. The number of fused-ring (bicyclic) bond motifs is 1. The maximum atomic E-state index is 14.1. The van der Waals surface area contributed by atoms with E-state index in [-0.39, 0.29) is 18.0 Å². The molecule has 0 radical (unpaired) electrons. The van der Waals surface area contributed by atoms with Crippen LogP contribution in [0.5, 0.6) is 0 Å². The Morgan fingerprint density at radius 1 is 1.25 bits per heavy atom. The summed E-state index contributed by atoms with van der Waals surface area (Å²) < 4.78 is 52.7. The Morgan fingerprint density at radius 2 is 2.00 bits per heavy atom. The van der Waals surface area contributed by atoms with Crippen LogP contribution >= 0.6 is 0 Å². The smallest absolute Gasteiger partial charge is 0.331 e. The highest BCUT2D eigenvalue weighted by atomic mass is 19.4. The highest BCUT2D eigenvalue weighted by molar-refractivity contribution is 5.96. The molecule has 1 amide bonds. The van der Waals surface area contributed by atoms with Gasteiger partial charge in [-0.05, 0) is 37.3 Å². The van der Waals surface area contributed by atoms with Crippen molar-refractivity contribution in [3.05, 3.63) is 64.7 Å². The number of carbonyl (C=O) groups excluding carboxylic acids is 1. The lowest BCUT2D eigenvalue weighted by Crippen LogP contribution is -2.40. The van der Waals surface area contributed by atoms with E-state index in [1.165, 1.54) is 11.8 Å². The van der Waals surface area contributed by atoms with Gasteiger partial charge in [0.1, 0.15) is 5.82 Å². The molecular formula is C17H14F4N2O. The number of rotatable bonds is 2. The van der Waals surface area contributed by atoms with Crippen molar-refractivity contribution in [3.8, 4) is 0 Å². The Bertz CT molecular complexity index is 788. The van der Waals surface area contributed by atoms with Crippen LogP contribution in [0, 0.1) is 5.82 Å². The van der Waals surface area contributed by atoms with E-state index in [1.54, 1.807) is 18.3 Å². The van der Waals surface area contributed by atoms with E-state index in [1.807, 2.05) is 0 Å². The Labute approximate surface area is 135 Å². The Hall–Kier alpha value is -2.44. The quantitative estimate of drug-likeness (QED) is 0.776. The second kappa shape index (κ2) is 5.89. The normalized spacial score (nSPS) is 16.0. The molecule has 0 bridgehead atoms. The molecule has 0 spiro atoms. The van der Waals surface area contributed by atoms with Gasteiger partial charge in [-0.25, -0.2) is 4.39 Å². The van der Waals surface area contributed by atoms with Gasteiger partial charge in [0.05, 0.1) is 22.9 Å². The molecule has 7 heteroatoms. The lowest BCUT2D eigenvalue weighted by molar-refractivity contribution is -0.137. The molecule has 1 aliphatic rings. The number of benzene rings is 1. The molecule has 0 aliphatic carbocycles. The van der Waals surface area contributed by atoms with Gasteiger partial charge in [-0.1, -0.05) is 0 Å². The maximum absolute atomic E-state index is 14.1. The van der Waals surface area contributed by atoms with Crippen LogP contribution < -0.4 is 0 Å². The average molecular weight is 338 g/mol. The van der Waals surface area contributed by atoms with Crippen LogP contribution in [-0.2, 0) is 12.6 Å². The fourth-order valence-corrected chi connectivity index (χ4v) is 2.89.